The standard InChI is InChI=1S/C20H21NO4S/c1-12-19(14(3)22)13(2)21-20(12)17(23)11-25-18(24)10-7-15-5-8-16(26-4)9-6-15/h5-10,21H,11H2,1-4H3. The van der Waals surface area contributed by atoms with Crippen LogP contribution in [0.25, 0.3) is 6.08 Å². The van der Waals surface area contributed by atoms with E-state index < -0.39 is 5.97 Å². The molecule has 0 radical (unpaired) electrons. The molecule has 1 N–H and O–H groups in total. The van der Waals surface area contributed by atoms with Crippen LogP contribution in [0.15, 0.2) is 35.2 Å². The molecular formula is C20H21NO4S. The number of aryl methyl sites for hydroxylation is 1. The molecule has 2 rings (SSSR count). The summed E-state index contributed by atoms with van der Waals surface area (Å²) >= 11 is 1.64. The second kappa shape index (κ2) is 8.67. The van der Waals surface area contributed by atoms with Crippen molar-refractivity contribution in [1.29, 1.82) is 0 Å². The smallest absolute Gasteiger partial charge is 0.331 e. The summed E-state index contributed by atoms with van der Waals surface area (Å²) in [6.07, 6.45) is 4.91. The summed E-state index contributed by atoms with van der Waals surface area (Å²) in [5, 5.41) is 0. The van der Waals surface area contributed by atoms with Crippen LogP contribution in [0.1, 0.15) is 44.6 Å². The van der Waals surface area contributed by atoms with E-state index in [9.17, 15) is 14.4 Å². The summed E-state index contributed by atoms with van der Waals surface area (Å²) in [5.74, 6) is -1.08. The van der Waals surface area contributed by atoms with Gasteiger partial charge in [0, 0.05) is 22.2 Å². The number of Topliss-reactive ketones (excluding diaryl/α,β-unsaturated/α-hetero) is 2. The second-order valence-corrected chi connectivity index (χ2v) is 6.70. The number of thioether (sulfide) groups is 1. The molecule has 1 heterocycles. The quantitative estimate of drug-likeness (QED) is 0.345. The number of ketones is 2. The zero-order valence-corrected chi connectivity index (χ0v) is 16.0. The van der Waals surface area contributed by atoms with E-state index in [1.54, 1.807) is 31.7 Å². The summed E-state index contributed by atoms with van der Waals surface area (Å²) < 4.78 is 5.01. The maximum Gasteiger partial charge on any atom is 0.331 e. The first kappa shape index (κ1) is 19.7. The van der Waals surface area contributed by atoms with Crippen LogP contribution in [-0.4, -0.2) is 35.4 Å². The zero-order valence-electron chi connectivity index (χ0n) is 15.2. The van der Waals surface area contributed by atoms with Gasteiger partial charge in [-0.05, 0) is 56.4 Å². The lowest BCUT2D eigenvalue weighted by molar-refractivity contribution is -0.136. The fraction of sp³-hybridized carbons (Fsp3) is 0.250. The number of carbonyl (C=O) groups is 3. The molecule has 0 bridgehead atoms. The van der Waals surface area contributed by atoms with Crippen LogP contribution < -0.4 is 0 Å². The van der Waals surface area contributed by atoms with E-state index in [2.05, 4.69) is 4.98 Å². The Morgan fingerprint density at radius 3 is 2.35 bits per heavy atom. The van der Waals surface area contributed by atoms with Crippen molar-refractivity contribution >= 4 is 35.4 Å². The fourth-order valence-corrected chi connectivity index (χ4v) is 3.10. The lowest BCUT2D eigenvalue weighted by Gasteiger charge is -2.02. The number of nitrogens with one attached hydrogen (secondary N) is 1. The molecule has 1 aromatic carbocycles. The van der Waals surface area contributed by atoms with Gasteiger partial charge in [0.1, 0.15) is 0 Å². The molecule has 2 aromatic rings. The zero-order chi connectivity index (χ0) is 19.3. The molecule has 26 heavy (non-hydrogen) atoms. The van der Waals surface area contributed by atoms with Gasteiger partial charge in [0.2, 0.25) is 5.78 Å². The van der Waals surface area contributed by atoms with Gasteiger partial charge < -0.3 is 9.72 Å². The molecule has 0 amide bonds. The number of hydrogen-bond acceptors (Lipinski definition) is 5. The van der Waals surface area contributed by atoms with Gasteiger partial charge in [-0.15, -0.1) is 11.8 Å². The number of esters is 1. The van der Waals surface area contributed by atoms with E-state index in [1.165, 1.54) is 13.0 Å². The lowest BCUT2D eigenvalue weighted by Crippen LogP contribution is -2.14. The SMILES string of the molecule is CSc1ccc(C=CC(=O)OCC(=O)c2[nH]c(C)c(C(C)=O)c2C)cc1. The first-order chi connectivity index (χ1) is 12.3. The number of ether oxygens (including phenoxy) is 1. The van der Waals surface area contributed by atoms with Crippen molar-refractivity contribution in [3.8, 4) is 0 Å². The summed E-state index contributed by atoms with van der Waals surface area (Å²) in [5.41, 5.74) is 2.90. The molecule has 0 saturated heterocycles. The maximum atomic E-state index is 12.3. The van der Waals surface area contributed by atoms with E-state index in [-0.39, 0.29) is 18.2 Å². The predicted molar refractivity (Wildman–Crippen MR) is 103 cm³/mol. The Hall–Kier alpha value is -2.60. The number of aromatic amines is 1. The largest absolute Gasteiger partial charge is 0.454 e. The van der Waals surface area contributed by atoms with Crippen molar-refractivity contribution in [3.63, 3.8) is 0 Å². The Morgan fingerprint density at radius 1 is 1.15 bits per heavy atom. The van der Waals surface area contributed by atoms with E-state index >= 15 is 0 Å². The molecule has 0 aliphatic rings. The monoisotopic (exact) mass is 371 g/mol. The molecule has 0 aliphatic heterocycles. The molecule has 1 aromatic heterocycles. The first-order valence-electron chi connectivity index (χ1n) is 8.05. The van der Waals surface area contributed by atoms with Crippen LogP contribution >= 0.6 is 11.8 Å². The van der Waals surface area contributed by atoms with Crippen molar-refractivity contribution in [2.45, 2.75) is 25.7 Å². The number of carbonyl (C=O) groups excluding carboxylic acids is 3. The minimum absolute atomic E-state index is 0.109. The van der Waals surface area contributed by atoms with Gasteiger partial charge in [-0.25, -0.2) is 4.79 Å². The number of H-pyrrole nitrogens is 1. The van der Waals surface area contributed by atoms with Crippen molar-refractivity contribution in [2.75, 3.05) is 12.9 Å². The molecule has 5 nitrogen and oxygen atoms in total. The van der Waals surface area contributed by atoms with Gasteiger partial charge in [-0.2, -0.15) is 0 Å². The minimum atomic E-state index is -0.597. The Morgan fingerprint density at radius 2 is 1.81 bits per heavy atom. The van der Waals surface area contributed by atoms with Gasteiger partial charge in [-0.1, -0.05) is 12.1 Å². The van der Waals surface area contributed by atoms with Crippen LogP contribution in [0.3, 0.4) is 0 Å². The average molecular weight is 371 g/mol. The third kappa shape index (κ3) is 4.73. The molecule has 0 fully saturated rings. The molecule has 0 atom stereocenters. The van der Waals surface area contributed by atoms with Gasteiger partial charge in [0.25, 0.3) is 0 Å². The van der Waals surface area contributed by atoms with Crippen LogP contribution in [0.5, 0.6) is 0 Å². The summed E-state index contributed by atoms with van der Waals surface area (Å²) in [7, 11) is 0. The second-order valence-electron chi connectivity index (χ2n) is 5.82. The van der Waals surface area contributed by atoms with Crippen LogP contribution in [0, 0.1) is 13.8 Å². The number of hydrogen-bond donors (Lipinski definition) is 1. The van der Waals surface area contributed by atoms with Crippen LogP contribution in [-0.2, 0) is 9.53 Å². The van der Waals surface area contributed by atoms with Crippen molar-refractivity contribution in [1.82, 2.24) is 4.98 Å². The highest BCUT2D eigenvalue weighted by Crippen LogP contribution is 2.19. The summed E-state index contributed by atoms with van der Waals surface area (Å²) in [6.45, 7) is 4.51. The van der Waals surface area contributed by atoms with Crippen molar-refractivity contribution in [2.24, 2.45) is 0 Å². The van der Waals surface area contributed by atoms with Gasteiger partial charge in [-0.3, -0.25) is 9.59 Å². The van der Waals surface area contributed by atoms with Gasteiger partial charge in [0.15, 0.2) is 12.4 Å². The topological polar surface area (TPSA) is 76.2 Å². The van der Waals surface area contributed by atoms with Gasteiger partial charge in [0.05, 0.1) is 5.69 Å². The highest BCUT2D eigenvalue weighted by atomic mass is 32.2. The van der Waals surface area contributed by atoms with E-state index in [4.69, 9.17) is 4.74 Å². The summed E-state index contributed by atoms with van der Waals surface area (Å²) in [6, 6.07) is 7.72. The normalized spacial score (nSPS) is 10.9. The average Bonchev–Trinajstić information content (AvgIpc) is 2.92. The van der Waals surface area contributed by atoms with E-state index in [0.717, 1.165) is 10.5 Å². The predicted octanol–water partition coefficient (Wildman–Crippen LogP) is 4.00. The molecule has 0 unspecified atom stereocenters. The number of aromatic nitrogens is 1. The molecule has 0 spiro atoms. The molecular weight excluding hydrogens is 350 g/mol. The highest BCUT2D eigenvalue weighted by molar-refractivity contribution is 7.98. The molecule has 0 aliphatic carbocycles. The number of benzene rings is 1. The third-order valence-corrected chi connectivity index (χ3v) is 4.69. The fourth-order valence-electron chi connectivity index (χ4n) is 2.69. The minimum Gasteiger partial charge on any atom is -0.454 e. The Bertz CT molecular complexity index is 863. The number of rotatable bonds is 7. The highest BCUT2D eigenvalue weighted by Gasteiger charge is 2.20. The van der Waals surface area contributed by atoms with E-state index in [1.807, 2.05) is 30.5 Å². The van der Waals surface area contributed by atoms with Crippen molar-refractivity contribution < 1.29 is 19.1 Å². The Balaban J connectivity index is 1.96. The molecule has 6 heteroatoms. The van der Waals surface area contributed by atoms with Crippen LogP contribution in [0.2, 0.25) is 0 Å². The lowest BCUT2D eigenvalue weighted by atomic mass is 10.1. The van der Waals surface area contributed by atoms with Crippen LogP contribution in [0.4, 0.5) is 0 Å². The van der Waals surface area contributed by atoms with Gasteiger partial charge >= 0.3 is 5.97 Å². The Labute approximate surface area is 156 Å². The summed E-state index contributed by atoms with van der Waals surface area (Å²) in [4.78, 5) is 39.7. The molecule has 136 valence electrons. The maximum absolute atomic E-state index is 12.3. The van der Waals surface area contributed by atoms with Crippen molar-refractivity contribution in [3.05, 3.63) is 58.4 Å². The van der Waals surface area contributed by atoms with E-state index in [0.29, 0.717) is 22.5 Å². The Kier molecular flexibility index (Phi) is 6.58. The first-order valence-corrected chi connectivity index (χ1v) is 9.28. The third-order valence-electron chi connectivity index (χ3n) is 3.94. The molecule has 0 saturated carbocycles.